The predicted molar refractivity (Wildman–Crippen MR) is 145 cm³/mol. The van der Waals surface area contributed by atoms with Crippen molar-refractivity contribution >= 4 is 34.2 Å². The molecule has 2 N–H and O–H groups in total. The van der Waals surface area contributed by atoms with E-state index in [0.717, 1.165) is 12.1 Å². The van der Waals surface area contributed by atoms with Crippen LogP contribution in [0.2, 0.25) is 0 Å². The number of aryl methyl sites for hydroxylation is 1. The number of ether oxygens (including phenoxy) is 1. The van der Waals surface area contributed by atoms with Gasteiger partial charge in [0, 0.05) is 25.1 Å². The van der Waals surface area contributed by atoms with Gasteiger partial charge in [0.1, 0.15) is 16.9 Å². The number of carbonyl (C=O) groups is 2. The molecule has 216 valence electrons. The van der Waals surface area contributed by atoms with Crippen LogP contribution >= 0.6 is 0 Å². The summed E-state index contributed by atoms with van der Waals surface area (Å²) in [5.41, 5.74) is -0.259. The predicted octanol–water partition coefficient (Wildman–Crippen LogP) is 5.26. The van der Waals surface area contributed by atoms with E-state index in [2.05, 4.69) is 20.4 Å². The van der Waals surface area contributed by atoms with Crippen molar-refractivity contribution in [3.63, 3.8) is 0 Å². The highest BCUT2D eigenvalue weighted by molar-refractivity contribution is 6.12. The summed E-state index contributed by atoms with van der Waals surface area (Å²) in [5.74, 6) is -0.713. The van der Waals surface area contributed by atoms with Crippen molar-refractivity contribution in [1.29, 1.82) is 0 Å². The van der Waals surface area contributed by atoms with Crippen LogP contribution in [0.15, 0.2) is 41.2 Å². The largest absolute Gasteiger partial charge is 0.444 e. The summed E-state index contributed by atoms with van der Waals surface area (Å²) in [5, 5.41) is 7.90. The van der Waals surface area contributed by atoms with Gasteiger partial charge >= 0.3 is 12.3 Å². The molecule has 0 radical (unpaired) electrons. The first-order valence-corrected chi connectivity index (χ1v) is 13.1. The number of nitrogens with one attached hydrogen (secondary N) is 2. The molecule has 41 heavy (non-hydrogen) atoms. The van der Waals surface area contributed by atoms with Crippen LogP contribution in [0.1, 0.15) is 67.0 Å². The third-order valence-corrected chi connectivity index (χ3v) is 6.90. The number of rotatable bonds is 3. The van der Waals surface area contributed by atoms with Crippen LogP contribution in [0, 0.1) is 6.92 Å². The van der Waals surface area contributed by atoms with Crippen LogP contribution in [0.5, 0.6) is 0 Å². The summed E-state index contributed by atoms with van der Waals surface area (Å²) in [6.45, 7) is 7.67. The zero-order valence-electron chi connectivity index (χ0n) is 22.9. The topological polar surface area (TPSA) is 122 Å². The molecule has 13 heteroatoms. The quantitative estimate of drug-likeness (QED) is 0.346. The molecular weight excluding hydrogens is 541 g/mol. The Labute approximate surface area is 232 Å². The Morgan fingerprint density at radius 1 is 1.10 bits per heavy atom. The van der Waals surface area contributed by atoms with Gasteiger partial charge < -0.3 is 19.9 Å². The van der Waals surface area contributed by atoms with E-state index in [-0.39, 0.29) is 28.8 Å². The second-order valence-corrected chi connectivity index (χ2v) is 11.0. The van der Waals surface area contributed by atoms with Crippen molar-refractivity contribution < 1.29 is 27.5 Å². The standard InChI is InChI=1S/C28H29F3N6O4/c1-15-17(8-9-21(32-15)28(29,30)31)25(39)33-18-6-5-7-19-23(18)24-34-22(38)14-20(37(24)35-19)16-10-12-36(13-11-16)26(40)41-27(2,3)4/h5-9,14,16H,10-13H2,1-4H3,(H,33,39)(H,34,38). The Morgan fingerprint density at radius 3 is 2.44 bits per heavy atom. The SMILES string of the molecule is Cc1nc(C(F)(F)F)ccc1C(=O)Nc1cccc2nn3c(C4CCN(C(=O)OC(C)(C)C)CC4)cc(=O)[nH]c3c12. The van der Waals surface area contributed by atoms with Gasteiger partial charge in [0.05, 0.1) is 33.5 Å². The molecule has 1 fully saturated rings. The molecule has 2 amide bonds. The van der Waals surface area contributed by atoms with Crippen LogP contribution in [0.4, 0.5) is 23.7 Å². The summed E-state index contributed by atoms with van der Waals surface area (Å²) in [6, 6.07) is 8.37. The molecule has 5 rings (SSSR count). The number of aromatic nitrogens is 4. The number of nitrogens with zero attached hydrogens (tertiary/aromatic N) is 4. The number of halogens is 3. The maximum atomic E-state index is 13.1. The highest BCUT2D eigenvalue weighted by Gasteiger charge is 2.33. The first kappa shape index (κ1) is 28.1. The summed E-state index contributed by atoms with van der Waals surface area (Å²) in [4.78, 5) is 46.3. The molecule has 0 unspecified atom stereocenters. The number of anilines is 1. The van der Waals surface area contributed by atoms with Crippen LogP contribution < -0.4 is 10.9 Å². The number of alkyl halides is 3. The number of benzene rings is 1. The minimum Gasteiger partial charge on any atom is -0.444 e. The zero-order chi connectivity index (χ0) is 29.7. The van der Waals surface area contributed by atoms with Gasteiger partial charge in [0.2, 0.25) is 0 Å². The van der Waals surface area contributed by atoms with Crippen molar-refractivity contribution in [2.75, 3.05) is 18.4 Å². The number of H-pyrrole nitrogens is 1. The average molecular weight is 571 g/mol. The zero-order valence-corrected chi connectivity index (χ0v) is 22.9. The molecule has 0 saturated carbocycles. The van der Waals surface area contributed by atoms with E-state index in [1.165, 1.54) is 13.0 Å². The fraction of sp³-hybridized carbons (Fsp3) is 0.393. The van der Waals surface area contributed by atoms with Crippen molar-refractivity contribution in [1.82, 2.24) is 24.5 Å². The van der Waals surface area contributed by atoms with Crippen LogP contribution in [-0.4, -0.2) is 55.2 Å². The molecule has 1 aliphatic rings. The first-order valence-electron chi connectivity index (χ1n) is 13.1. The maximum Gasteiger partial charge on any atom is 0.433 e. The van der Waals surface area contributed by atoms with E-state index in [1.807, 2.05) is 20.8 Å². The van der Waals surface area contributed by atoms with Crippen LogP contribution in [-0.2, 0) is 10.9 Å². The minimum atomic E-state index is -4.63. The number of hydrogen-bond donors (Lipinski definition) is 2. The lowest BCUT2D eigenvalue weighted by atomic mass is 9.93. The van der Waals surface area contributed by atoms with Gasteiger partial charge in [-0.25, -0.2) is 14.3 Å². The van der Waals surface area contributed by atoms with Crippen molar-refractivity contribution in [3.8, 4) is 0 Å². The molecule has 0 aliphatic carbocycles. The van der Waals surface area contributed by atoms with E-state index in [4.69, 9.17) is 4.74 Å². The normalized spacial score (nSPS) is 15.0. The number of piperidine rings is 1. The number of likely N-dealkylation sites (tertiary alicyclic amines) is 1. The molecule has 10 nitrogen and oxygen atoms in total. The molecule has 0 spiro atoms. The Bertz CT molecular complexity index is 1710. The van der Waals surface area contributed by atoms with E-state index in [9.17, 15) is 27.6 Å². The van der Waals surface area contributed by atoms with Gasteiger partial charge in [-0.05, 0) is 64.8 Å². The number of hydrogen-bond acceptors (Lipinski definition) is 6. The first-order chi connectivity index (χ1) is 19.2. The monoisotopic (exact) mass is 570 g/mol. The fourth-order valence-corrected chi connectivity index (χ4v) is 5.01. The lowest BCUT2D eigenvalue weighted by Gasteiger charge is -2.33. The molecule has 1 aliphatic heterocycles. The number of fused-ring (bicyclic) bond motifs is 3. The van der Waals surface area contributed by atoms with E-state index >= 15 is 0 Å². The summed E-state index contributed by atoms with van der Waals surface area (Å²) < 4.78 is 46.2. The van der Waals surface area contributed by atoms with Gasteiger partial charge in [0.25, 0.3) is 11.5 Å². The molecule has 1 saturated heterocycles. The number of aromatic amines is 1. The van der Waals surface area contributed by atoms with Crippen LogP contribution in [0.25, 0.3) is 16.6 Å². The summed E-state index contributed by atoms with van der Waals surface area (Å²) in [6.07, 6.45) is -3.82. The third-order valence-electron chi connectivity index (χ3n) is 6.90. The molecule has 4 aromatic rings. The second kappa shape index (κ2) is 10.2. The second-order valence-electron chi connectivity index (χ2n) is 11.0. The third kappa shape index (κ3) is 5.74. The number of amides is 2. The van der Waals surface area contributed by atoms with E-state index < -0.39 is 23.4 Å². The Kier molecular flexibility index (Phi) is 7.00. The molecule has 4 heterocycles. The van der Waals surface area contributed by atoms with E-state index in [1.54, 1.807) is 27.6 Å². The van der Waals surface area contributed by atoms with Gasteiger partial charge in [0.15, 0.2) is 0 Å². The van der Waals surface area contributed by atoms with Crippen molar-refractivity contribution in [2.24, 2.45) is 0 Å². The lowest BCUT2D eigenvalue weighted by Crippen LogP contribution is -2.41. The smallest absolute Gasteiger partial charge is 0.433 e. The van der Waals surface area contributed by atoms with Gasteiger partial charge in [-0.2, -0.15) is 18.3 Å². The summed E-state index contributed by atoms with van der Waals surface area (Å²) >= 11 is 0. The maximum absolute atomic E-state index is 13.1. The fourth-order valence-electron chi connectivity index (χ4n) is 5.01. The lowest BCUT2D eigenvalue weighted by molar-refractivity contribution is -0.141. The minimum absolute atomic E-state index is 0.0163. The molecule has 0 bridgehead atoms. The molecule has 1 aromatic carbocycles. The highest BCUT2D eigenvalue weighted by Crippen LogP contribution is 2.33. The average Bonchev–Trinajstić information content (AvgIpc) is 3.26. The molecule has 0 atom stereocenters. The number of carbonyl (C=O) groups excluding carboxylic acids is 2. The van der Waals surface area contributed by atoms with Crippen molar-refractivity contribution in [3.05, 3.63) is 69.4 Å². The van der Waals surface area contributed by atoms with Gasteiger partial charge in [-0.3, -0.25) is 9.59 Å². The number of pyridine rings is 1. The Morgan fingerprint density at radius 2 is 1.80 bits per heavy atom. The summed E-state index contributed by atoms with van der Waals surface area (Å²) in [7, 11) is 0. The Hall–Kier alpha value is -4.42. The van der Waals surface area contributed by atoms with Gasteiger partial charge in [-0.1, -0.05) is 6.07 Å². The van der Waals surface area contributed by atoms with Crippen molar-refractivity contribution in [2.45, 2.75) is 58.2 Å². The Balaban J connectivity index is 1.45. The molecular formula is C28H29F3N6O4. The molecule has 3 aromatic heterocycles. The van der Waals surface area contributed by atoms with Gasteiger partial charge in [-0.15, -0.1) is 0 Å². The van der Waals surface area contributed by atoms with E-state index in [0.29, 0.717) is 53.9 Å². The highest BCUT2D eigenvalue weighted by atomic mass is 19.4. The van der Waals surface area contributed by atoms with Crippen LogP contribution in [0.3, 0.4) is 0 Å².